The lowest BCUT2D eigenvalue weighted by Gasteiger charge is -2.08. The average molecular weight is 413 g/mol. The number of benzene rings is 2. The van der Waals surface area contributed by atoms with Crippen molar-refractivity contribution in [2.75, 3.05) is 0 Å². The molecule has 0 aliphatic carbocycles. The van der Waals surface area contributed by atoms with Gasteiger partial charge in [-0.1, -0.05) is 29.4 Å². The minimum atomic E-state index is -0.390. The van der Waals surface area contributed by atoms with Crippen molar-refractivity contribution in [2.45, 2.75) is 31.7 Å². The third kappa shape index (κ3) is 3.55. The molecule has 0 aliphatic rings. The largest absolute Gasteiger partial charge is 0.423 e. The van der Waals surface area contributed by atoms with E-state index in [4.69, 9.17) is 16.0 Å². The summed E-state index contributed by atoms with van der Waals surface area (Å²) in [6.45, 7) is 5.99. The summed E-state index contributed by atoms with van der Waals surface area (Å²) in [5.41, 5.74) is 5.10. The van der Waals surface area contributed by atoms with E-state index in [-0.39, 0.29) is 0 Å². The van der Waals surface area contributed by atoms with Crippen LogP contribution in [0.4, 0.5) is 0 Å². The van der Waals surface area contributed by atoms with Crippen molar-refractivity contribution in [3.63, 3.8) is 0 Å². The van der Waals surface area contributed by atoms with Gasteiger partial charge in [-0.3, -0.25) is 0 Å². The molecule has 0 saturated carbocycles. The van der Waals surface area contributed by atoms with Gasteiger partial charge in [-0.25, -0.2) is 4.79 Å². The van der Waals surface area contributed by atoms with Gasteiger partial charge >= 0.3 is 5.63 Å². The average Bonchev–Trinajstić information content (AvgIpc) is 3.12. The summed E-state index contributed by atoms with van der Waals surface area (Å²) in [7, 11) is 0. The maximum absolute atomic E-state index is 12.0. The molecule has 142 valence electrons. The molecule has 28 heavy (non-hydrogen) atoms. The molecule has 0 radical (unpaired) electrons. The minimum Gasteiger partial charge on any atom is -0.423 e. The van der Waals surface area contributed by atoms with Crippen LogP contribution in [0.2, 0.25) is 5.02 Å². The van der Waals surface area contributed by atoms with Crippen LogP contribution in [-0.4, -0.2) is 20.2 Å². The summed E-state index contributed by atoms with van der Waals surface area (Å²) in [5, 5.41) is 14.1. The zero-order chi connectivity index (χ0) is 19.8. The monoisotopic (exact) mass is 412 g/mol. The van der Waals surface area contributed by atoms with Crippen LogP contribution in [-0.2, 0) is 5.75 Å². The van der Waals surface area contributed by atoms with Crippen molar-refractivity contribution in [1.29, 1.82) is 0 Å². The van der Waals surface area contributed by atoms with Gasteiger partial charge < -0.3 is 4.42 Å². The molecule has 0 atom stereocenters. The van der Waals surface area contributed by atoms with E-state index in [1.54, 1.807) is 10.7 Å². The highest BCUT2D eigenvalue weighted by atomic mass is 35.5. The molecular weight excluding hydrogens is 396 g/mol. The Kier molecular flexibility index (Phi) is 4.95. The van der Waals surface area contributed by atoms with Crippen LogP contribution in [0.5, 0.6) is 0 Å². The van der Waals surface area contributed by atoms with Gasteiger partial charge in [0.15, 0.2) is 0 Å². The number of fused-ring (bicyclic) bond motifs is 1. The number of nitrogens with zero attached hydrogens (tertiary/aromatic N) is 4. The molecule has 0 unspecified atom stereocenters. The molecule has 2 aromatic carbocycles. The number of hydrogen-bond acceptors (Lipinski definition) is 6. The van der Waals surface area contributed by atoms with Crippen LogP contribution in [0.15, 0.2) is 50.8 Å². The predicted octanol–water partition coefficient (Wildman–Crippen LogP) is 4.64. The zero-order valence-electron chi connectivity index (χ0n) is 15.6. The van der Waals surface area contributed by atoms with E-state index in [2.05, 4.69) is 29.4 Å². The SMILES string of the molecule is Cc1ccc(-n2nnnc2SCc2cc(=O)oc3cc(C)c(Cl)cc23)cc1C. The first kappa shape index (κ1) is 18.7. The van der Waals surface area contributed by atoms with E-state index in [1.807, 2.05) is 31.2 Å². The standard InChI is InChI=1S/C20H17ClN4O2S/c1-11-4-5-15(6-12(11)2)25-20(22-23-24-25)28-10-14-8-19(26)27-18-7-13(3)17(21)9-16(14)18/h4-9H,10H2,1-3H3. The van der Waals surface area contributed by atoms with Gasteiger partial charge in [-0.15, -0.1) is 5.10 Å². The minimum absolute atomic E-state index is 0.390. The summed E-state index contributed by atoms with van der Waals surface area (Å²) < 4.78 is 7.02. The van der Waals surface area contributed by atoms with E-state index in [9.17, 15) is 4.79 Å². The zero-order valence-corrected chi connectivity index (χ0v) is 17.1. The van der Waals surface area contributed by atoms with E-state index in [0.717, 1.165) is 22.2 Å². The third-order valence-corrected chi connectivity index (χ3v) is 6.02. The highest BCUT2D eigenvalue weighted by molar-refractivity contribution is 7.98. The molecule has 0 aliphatic heterocycles. The lowest BCUT2D eigenvalue weighted by atomic mass is 10.1. The normalized spacial score (nSPS) is 11.3. The van der Waals surface area contributed by atoms with Gasteiger partial charge in [0.25, 0.3) is 0 Å². The number of aromatic nitrogens is 4. The van der Waals surface area contributed by atoms with Crippen LogP contribution >= 0.6 is 23.4 Å². The Balaban J connectivity index is 1.68. The molecule has 4 aromatic rings. The molecule has 0 saturated heterocycles. The maximum atomic E-state index is 12.0. The lowest BCUT2D eigenvalue weighted by Crippen LogP contribution is -2.02. The predicted molar refractivity (Wildman–Crippen MR) is 110 cm³/mol. The summed E-state index contributed by atoms with van der Waals surface area (Å²) in [6, 6.07) is 11.2. The molecule has 0 N–H and O–H groups in total. The molecule has 4 rings (SSSR count). The highest BCUT2D eigenvalue weighted by Crippen LogP contribution is 2.29. The number of hydrogen-bond donors (Lipinski definition) is 0. The summed E-state index contributed by atoms with van der Waals surface area (Å²) in [6.07, 6.45) is 0. The number of rotatable bonds is 4. The van der Waals surface area contributed by atoms with Crippen molar-refractivity contribution in [2.24, 2.45) is 0 Å². The van der Waals surface area contributed by atoms with Crippen molar-refractivity contribution < 1.29 is 4.42 Å². The third-order valence-electron chi connectivity index (χ3n) is 4.64. The highest BCUT2D eigenvalue weighted by Gasteiger charge is 2.13. The van der Waals surface area contributed by atoms with Crippen molar-refractivity contribution in [3.8, 4) is 5.69 Å². The van der Waals surface area contributed by atoms with E-state index in [1.165, 1.54) is 29.0 Å². The van der Waals surface area contributed by atoms with Crippen LogP contribution in [0, 0.1) is 20.8 Å². The molecule has 8 heteroatoms. The van der Waals surface area contributed by atoms with Gasteiger partial charge in [-0.05, 0) is 77.7 Å². The maximum Gasteiger partial charge on any atom is 0.336 e. The Morgan fingerprint density at radius 2 is 1.89 bits per heavy atom. The number of aryl methyl sites for hydroxylation is 3. The van der Waals surface area contributed by atoms with E-state index in [0.29, 0.717) is 21.5 Å². The van der Waals surface area contributed by atoms with Crippen molar-refractivity contribution in [1.82, 2.24) is 20.2 Å². The fraction of sp³-hybridized carbons (Fsp3) is 0.200. The molecule has 0 bridgehead atoms. The quantitative estimate of drug-likeness (QED) is 0.359. The van der Waals surface area contributed by atoms with E-state index < -0.39 is 5.63 Å². The molecule has 2 aromatic heterocycles. The Morgan fingerprint density at radius 1 is 1.07 bits per heavy atom. The second kappa shape index (κ2) is 7.41. The fourth-order valence-corrected chi connectivity index (χ4v) is 3.94. The smallest absolute Gasteiger partial charge is 0.336 e. The van der Waals surface area contributed by atoms with Gasteiger partial charge in [0.2, 0.25) is 5.16 Å². The first-order valence-corrected chi connectivity index (χ1v) is 10.0. The van der Waals surface area contributed by atoms with Crippen LogP contribution in [0.3, 0.4) is 0 Å². The molecule has 0 spiro atoms. The van der Waals surface area contributed by atoms with Crippen molar-refractivity contribution in [3.05, 3.63) is 74.1 Å². The molecule has 2 heterocycles. The Bertz CT molecular complexity index is 1250. The second-order valence-corrected chi connectivity index (χ2v) is 7.97. The summed E-state index contributed by atoms with van der Waals surface area (Å²) >= 11 is 7.72. The summed E-state index contributed by atoms with van der Waals surface area (Å²) in [5.74, 6) is 0.507. The number of halogens is 1. The number of tetrazole rings is 1. The summed E-state index contributed by atoms with van der Waals surface area (Å²) in [4.78, 5) is 12.0. The molecule has 0 fully saturated rings. The fourth-order valence-electron chi connectivity index (χ4n) is 2.90. The van der Waals surface area contributed by atoms with Crippen LogP contribution < -0.4 is 5.63 Å². The lowest BCUT2D eigenvalue weighted by molar-refractivity contribution is 0.559. The second-order valence-electron chi connectivity index (χ2n) is 6.62. The van der Waals surface area contributed by atoms with Gasteiger partial charge in [0.1, 0.15) is 5.58 Å². The first-order valence-electron chi connectivity index (χ1n) is 8.64. The molecule has 0 amide bonds. The Labute approximate surface area is 170 Å². The van der Waals surface area contributed by atoms with Gasteiger partial charge in [0, 0.05) is 22.2 Å². The van der Waals surface area contributed by atoms with Crippen LogP contribution in [0.1, 0.15) is 22.3 Å². The first-order chi connectivity index (χ1) is 13.4. The number of thioether (sulfide) groups is 1. The Hall–Kier alpha value is -2.64. The van der Waals surface area contributed by atoms with Gasteiger partial charge in [0.05, 0.1) is 5.69 Å². The topological polar surface area (TPSA) is 73.8 Å². The molecular formula is C20H17ClN4O2S. The van der Waals surface area contributed by atoms with Crippen molar-refractivity contribution >= 4 is 34.3 Å². The van der Waals surface area contributed by atoms with Gasteiger partial charge in [-0.2, -0.15) is 4.68 Å². The van der Waals surface area contributed by atoms with E-state index >= 15 is 0 Å². The Morgan fingerprint density at radius 3 is 2.68 bits per heavy atom. The van der Waals surface area contributed by atoms with Crippen LogP contribution in [0.25, 0.3) is 16.7 Å². The molecule has 6 nitrogen and oxygen atoms in total.